The summed E-state index contributed by atoms with van der Waals surface area (Å²) in [6.45, 7) is 0.203. The number of hydrogen-bond acceptors (Lipinski definition) is 5. The van der Waals surface area contributed by atoms with Crippen molar-refractivity contribution in [2.45, 2.75) is 31.4 Å². The molecule has 0 aliphatic carbocycles. The fraction of sp³-hybridized carbons (Fsp3) is 0.750. The van der Waals surface area contributed by atoms with E-state index in [1.165, 1.54) is 0 Å². The molecular weight excluding hydrogens is 202 g/mol. The normalized spacial score (nSPS) is 14.3. The summed E-state index contributed by atoms with van der Waals surface area (Å²) in [6.07, 6.45) is -0.550. The van der Waals surface area contributed by atoms with Crippen LogP contribution in [0.25, 0.3) is 0 Å². The Morgan fingerprint density at radius 3 is 2.33 bits per heavy atom. The fourth-order valence-electron chi connectivity index (χ4n) is 1.02. The van der Waals surface area contributed by atoms with E-state index in [1.54, 1.807) is 0 Å². The number of aliphatic hydroxyl groups is 1. The number of unbranched alkanes of at least 4 members (excludes halogenated alkanes) is 1. The molecule has 0 rings (SSSR count). The number of amides is 2. The highest BCUT2D eigenvalue weighted by Gasteiger charge is 2.19. The van der Waals surface area contributed by atoms with Gasteiger partial charge in [0.15, 0.2) is 0 Å². The number of primary amides is 2. The summed E-state index contributed by atoms with van der Waals surface area (Å²) in [7, 11) is 0. The highest BCUT2D eigenvalue weighted by Crippen LogP contribution is 2.03. The maximum Gasteiger partial charge on any atom is 0.404 e. The van der Waals surface area contributed by atoms with Gasteiger partial charge in [0.1, 0.15) is 6.10 Å². The first-order valence-electron chi connectivity index (χ1n) is 4.60. The lowest BCUT2D eigenvalue weighted by Gasteiger charge is -2.15. The highest BCUT2D eigenvalue weighted by atomic mass is 16.5. The Balaban J connectivity index is 3.50. The van der Waals surface area contributed by atoms with Gasteiger partial charge in [-0.2, -0.15) is 0 Å². The smallest absolute Gasteiger partial charge is 0.404 e. The summed E-state index contributed by atoms with van der Waals surface area (Å²) in [5.74, 6) is -0.837. The van der Waals surface area contributed by atoms with Gasteiger partial charge in [-0.15, -0.1) is 0 Å². The quantitative estimate of drug-likeness (QED) is 0.382. The largest absolute Gasteiger partial charge is 0.450 e. The number of carbonyl (C=O) groups is 2. The SMILES string of the molecule is NC(=O)OCCCCC(N)C(O)C(N)=O. The van der Waals surface area contributed by atoms with Gasteiger partial charge in [-0.25, -0.2) is 4.79 Å². The second-order valence-electron chi connectivity index (χ2n) is 3.17. The van der Waals surface area contributed by atoms with Crippen molar-refractivity contribution in [3.63, 3.8) is 0 Å². The van der Waals surface area contributed by atoms with Gasteiger partial charge >= 0.3 is 6.09 Å². The average molecular weight is 219 g/mol. The van der Waals surface area contributed by atoms with Crippen LogP contribution in [0, 0.1) is 0 Å². The standard InChI is InChI=1S/C8H17N3O4/c9-5(6(12)7(10)13)3-1-2-4-15-8(11)14/h5-6,12H,1-4,9H2,(H2,10,13)(H2,11,14). The summed E-state index contributed by atoms with van der Waals surface area (Å²) in [4.78, 5) is 20.7. The number of aliphatic hydroxyl groups excluding tert-OH is 1. The molecule has 0 fully saturated rings. The summed E-state index contributed by atoms with van der Waals surface area (Å²) in [6, 6.07) is -0.684. The van der Waals surface area contributed by atoms with Crippen molar-refractivity contribution < 1.29 is 19.4 Å². The van der Waals surface area contributed by atoms with Crippen LogP contribution in [0.1, 0.15) is 19.3 Å². The monoisotopic (exact) mass is 219 g/mol. The van der Waals surface area contributed by atoms with Crippen molar-refractivity contribution in [2.75, 3.05) is 6.61 Å². The van der Waals surface area contributed by atoms with Gasteiger partial charge in [-0.3, -0.25) is 4.79 Å². The molecule has 0 aromatic carbocycles. The molecular formula is C8H17N3O4. The second kappa shape index (κ2) is 7.02. The molecule has 0 saturated carbocycles. The van der Waals surface area contributed by atoms with Crippen LogP contribution in [-0.2, 0) is 9.53 Å². The van der Waals surface area contributed by atoms with E-state index in [1.807, 2.05) is 0 Å². The van der Waals surface area contributed by atoms with E-state index in [9.17, 15) is 9.59 Å². The Bertz CT molecular complexity index is 222. The topological polar surface area (TPSA) is 142 Å². The third-order valence-corrected chi connectivity index (χ3v) is 1.87. The van der Waals surface area contributed by atoms with Crippen molar-refractivity contribution >= 4 is 12.0 Å². The van der Waals surface area contributed by atoms with Crippen LogP contribution in [-0.4, -0.2) is 35.9 Å². The predicted molar refractivity (Wildman–Crippen MR) is 52.6 cm³/mol. The molecule has 0 radical (unpaired) electrons. The lowest BCUT2D eigenvalue weighted by molar-refractivity contribution is -0.127. The first-order valence-corrected chi connectivity index (χ1v) is 4.60. The molecule has 0 aromatic rings. The zero-order valence-electron chi connectivity index (χ0n) is 8.39. The van der Waals surface area contributed by atoms with Crippen LogP contribution in [0.5, 0.6) is 0 Å². The molecule has 2 atom stereocenters. The van der Waals surface area contributed by atoms with E-state index in [0.29, 0.717) is 19.3 Å². The molecule has 88 valence electrons. The third kappa shape index (κ3) is 6.69. The van der Waals surface area contributed by atoms with E-state index in [-0.39, 0.29) is 6.61 Å². The number of nitrogens with two attached hydrogens (primary N) is 3. The van der Waals surface area contributed by atoms with Crippen molar-refractivity contribution in [1.82, 2.24) is 0 Å². The molecule has 0 heterocycles. The van der Waals surface area contributed by atoms with Crippen LogP contribution in [0.2, 0.25) is 0 Å². The van der Waals surface area contributed by atoms with Gasteiger partial charge in [-0.05, 0) is 19.3 Å². The molecule has 15 heavy (non-hydrogen) atoms. The van der Waals surface area contributed by atoms with Crippen LogP contribution in [0.3, 0.4) is 0 Å². The van der Waals surface area contributed by atoms with Crippen molar-refractivity contribution in [1.29, 1.82) is 0 Å². The van der Waals surface area contributed by atoms with Crippen molar-refractivity contribution in [3.05, 3.63) is 0 Å². The lowest BCUT2D eigenvalue weighted by atomic mass is 10.0. The number of hydrogen-bond donors (Lipinski definition) is 4. The molecule has 2 unspecified atom stereocenters. The van der Waals surface area contributed by atoms with Gasteiger partial charge in [-0.1, -0.05) is 0 Å². The Hall–Kier alpha value is -1.34. The molecule has 0 aliphatic heterocycles. The first-order chi connectivity index (χ1) is 6.95. The maximum absolute atomic E-state index is 10.5. The first kappa shape index (κ1) is 13.7. The summed E-state index contributed by atoms with van der Waals surface area (Å²) >= 11 is 0. The zero-order valence-corrected chi connectivity index (χ0v) is 8.39. The van der Waals surface area contributed by atoms with Crippen molar-refractivity contribution in [2.24, 2.45) is 17.2 Å². The number of rotatable bonds is 7. The minimum Gasteiger partial charge on any atom is -0.450 e. The molecule has 2 amide bonds. The molecule has 7 N–H and O–H groups in total. The second-order valence-corrected chi connectivity index (χ2v) is 3.17. The van der Waals surface area contributed by atoms with Crippen LogP contribution < -0.4 is 17.2 Å². The molecule has 0 aliphatic rings. The van der Waals surface area contributed by atoms with Crippen LogP contribution >= 0.6 is 0 Å². The summed E-state index contributed by atoms with van der Waals surface area (Å²) < 4.78 is 4.48. The Kier molecular flexibility index (Phi) is 6.39. The van der Waals surface area contributed by atoms with E-state index in [4.69, 9.17) is 22.3 Å². The molecule has 0 spiro atoms. The molecule has 0 saturated heterocycles. The Labute approximate surface area is 87.5 Å². The van der Waals surface area contributed by atoms with Crippen LogP contribution in [0.4, 0.5) is 4.79 Å². The summed E-state index contributed by atoms with van der Waals surface area (Å²) in [5.41, 5.74) is 15.1. The molecule has 7 nitrogen and oxygen atoms in total. The number of carbonyl (C=O) groups excluding carboxylic acids is 2. The predicted octanol–water partition coefficient (Wildman–Crippen LogP) is -1.57. The maximum atomic E-state index is 10.5. The summed E-state index contributed by atoms with van der Waals surface area (Å²) in [5, 5.41) is 9.13. The fourth-order valence-corrected chi connectivity index (χ4v) is 1.02. The molecule has 0 aromatic heterocycles. The van der Waals surface area contributed by atoms with E-state index in [2.05, 4.69) is 4.74 Å². The average Bonchev–Trinajstić information content (AvgIpc) is 2.15. The Morgan fingerprint density at radius 2 is 1.87 bits per heavy atom. The Morgan fingerprint density at radius 1 is 1.27 bits per heavy atom. The highest BCUT2D eigenvalue weighted by molar-refractivity contribution is 5.79. The van der Waals surface area contributed by atoms with Gasteiger partial charge in [0.25, 0.3) is 0 Å². The van der Waals surface area contributed by atoms with Crippen LogP contribution in [0.15, 0.2) is 0 Å². The van der Waals surface area contributed by atoms with Gasteiger partial charge in [0.05, 0.1) is 6.61 Å². The van der Waals surface area contributed by atoms with Crippen molar-refractivity contribution in [3.8, 4) is 0 Å². The number of ether oxygens (including phenoxy) is 1. The molecule has 0 bridgehead atoms. The third-order valence-electron chi connectivity index (χ3n) is 1.87. The van der Waals surface area contributed by atoms with Gasteiger partial charge in [0, 0.05) is 6.04 Å². The van der Waals surface area contributed by atoms with E-state index >= 15 is 0 Å². The zero-order chi connectivity index (χ0) is 11.8. The van der Waals surface area contributed by atoms with E-state index in [0.717, 1.165) is 0 Å². The minimum absolute atomic E-state index is 0.203. The minimum atomic E-state index is -1.33. The van der Waals surface area contributed by atoms with E-state index < -0.39 is 24.1 Å². The van der Waals surface area contributed by atoms with Gasteiger partial charge in [0.2, 0.25) is 5.91 Å². The molecule has 7 heteroatoms. The lowest BCUT2D eigenvalue weighted by Crippen LogP contribution is -2.43. The van der Waals surface area contributed by atoms with Gasteiger partial charge < -0.3 is 27.0 Å².